The van der Waals surface area contributed by atoms with Gasteiger partial charge in [0.15, 0.2) is 0 Å². The summed E-state index contributed by atoms with van der Waals surface area (Å²) in [5.74, 6) is 0.0449. The van der Waals surface area contributed by atoms with Crippen molar-refractivity contribution >= 4 is 17.3 Å². The molecule has 0 bridgehead atoms. The zero-order chi connectivity index (χ0) is 25.3. The predicted octanol–water partition coefficient (Wildman–Crippen LogP) is 4.29. The van der Waals surface area contributed by atoms with Gasteiger partial charge < -0.3 is 19.9 Å². The molecule has 1 saturated heterocycles. The van der Waals surface area contributed by atoms with Crippen molar-refractivity contribution in [2.75, 3.05) is 36.5 Å². The summed E-state index contributed by atoms with van der Waals surface area (Å²) in [5.41, 5.74) is 2.42. The number of piperazine rings is 1. The molecular weight excluding hydrogens is 469 g/mol. The molecule has 9 heteroatoms. The fourth-order valence-corrected chi connectivity index (χ4v) is 5.23. The molecule has 6 nitrogen and oxygen atoms in total. The van der Waals surface area contributed by atoms with E-state index in [4.69, 9.17) is 4.74 Å². The van der Waals surface area contributed by atoms with E-state index in [1.807, 2.05) is 30.3 Å². The Morgan fingerprint density at radius 2 is 1.94 bits per heavy atom. The second-order valence-electron chi connectivity index (χ2n) is 9.11. The van der Waals surface area contributed by atoms with Crippen LogP contribution in [0.4, 0.5) is 24.5 Å². The number of benzene rings is 2. The van der Waals surface area contributed by atoms with Crippen LogP contribution in [0.1, 0.15) is 16.7 Å². The van der Waals surface area contributed by atoms with Gasteiger partial charge in [0.05, 0.1) is 30.3 Å². The molecule has 2 aliphatic rings. The highest BCUT2D eigenvalue weighted by molar-refractivity contribution is 5.82. The zero-order valence-electron chi connectivity index (χ0n) is 19.8. The van der Waals surface area contributed by atoms with Gasteiger partial charge in [-0.1, -0.05) is 18.2 Å². The average Bonchev–Trinajstić information content (AvgIpc) is 2.90. The van der Waals surface area contributed by atoms with Gasteiger partial charge in [0.2, 0.25) is 5.91 Å². The van der Waals surface area contributed by atoms with Crippen LogP contribution in [0.15, 0.2) is 67.0 Å². The first-order valence-corrected chi connectivity index (χ1v) is 11.9. The Balaban J connectivity index is 1.46. The van der Waals surface area contributed by atoms with E-state index in [0.717, 1.165) is 28.8 Å². The molecule has 3 heterocycles. The quantitative estimate of drug-likeness (QED) is 0.571. The van der Waals surface area contributed by atoms with Gasteiger partial charge in [0, 0.05) is 44.3 Å². The number of fused-ring (bicyclic) bond motifs is 3. The van der Waals surface area contributed by atoms with E-state index < -0.39 is 17.7 Å². The number of para-hydroxylation sites is 2. The van der Waals surface area contributed by atoms with E-state index in [2.05, 4.69) is 20.1 Å². The molecule has 1 amide bonds. The van der Waals surface area contributed by atoms with Crippen LogP contribution < -0.4 is 19.9 Å². The van der Waals surface area contributed by atoms with Crippen LogP contribution in [0.3, 0.4) is 0 Å². The summed E-state index contributed by atoms with van der Waals surface area (Å²) in [6.07, 6.45) is -0.859. The molecule has 2 aromatic carbocycles. The Kier molecular flexibility index (Phi) is 6.47. The smallest absolute Gasteiger partial charge is 0.416 e. The molecule has 188 valence electrons. The number of methoxy groups -OCH3 is 1. The highest BCUT2D eigenvalue weighted by Gasteiger charge is 2.43. The Hall–Kier alpha value is -3.75. The minimum atomic E-state index is -4.44. The Morgan fingerprint density at radius 3 is 2.69 bits per heavy atom. The van der Waals surface area contributed by atoms with E-state index in [1.165, 1.54) is 6.07 Å². The summed E-state index contributed by atoms with van der Waals surface area (Å²) >= 11 is 0. The average molecular weight is 497 g/mol. The first kappa shape index (κ1) is 24.0. The fraction of sp³-hybridized carbons (Fsp3) is 0.333. The van der Waals surface area contributed by atoms with Crippen LogP contribution >= 0.6 is 0 Å². The Morgan fingerprint density at radius 1 is 1.11 bits per heavy atom. The number of ether oxygens (including phenoxy) is 1. The van der Waals surface area contributed by atoms with Crippen LogP contribution in [-0.2, 0) is 23.9 Å². The Bertz CT molecular complexity index is 1240. The summed E-state index contributed by atoms with van der Waals surface area (Å²) in [5, 5.41) is 2.98. The molecule has 1 fully saturated rings. The minimum Gasteiger partial charge on any atom is -0.495 e. The molecule has 0 aliphatic carbocycles. The van der Waals surface area contributed by atoms with Crippen LogP contribution in [0.25, 0.3) is 0 Å². The predicted molar refractivity (Wildman–Crippen MR) is 131 cm³/mol. The van der Waals surface area contributed by atoms with Gasteiger partial charge in [0.1, 0.15) is 5.75 Å². The number of hydrogen-bond acceptors (Lipinski definition) is 5. The van der Waals surface area contributed by atoms with Crippen LogP contribution in [-0.4, -0.2) is 43.7 Å². The van der Waals surface area contributed by atoms with Crippen molar-refractivity contribution in [3.05, 3.63) is 83.7 Å². The first-order chi connectivity index (χ1) is 17.3. The molecule has 5 rings (SSSR count). The van der Waals surface area contributed by atoms with Gasteiger partial charge in [-0.2, -0.15) is 13.2 Å². The van der Waals surface area contributed by atoms with Crippen molar-refractivity contribution in [3.63, 3.8) is 0 Å². The molecule has 2 atom stereocenters. The third-order valence-corrected chi connectivity index (χ3v) is 6.99. The second-order valence-corrected chi connectivity index (χ2v) is 9.11. The maximum Gasteiger partial charge on any atom is 0.416 e. The molecule has 0 unspecified atom stereocenters. The summed E-state index contributed by atoms with van der Waals surface area (Å²) in [4.78, 5) is 21.8. The maximum atomic E-state index is 13.5. The highest BCUT2D eigenvalue weighted by atomic mass is 19.4. The second kappa shape index (κ2) is 9.72. The van der Waals surface area contributed by atoms with Crippen molar-refractivity contribution in [2.24, 2.45) is 5.92 Å². The normalized spacial score (nSPS) is 19.3. The van der Waals surface area contributed by atoms with Crippen LogP contribution in [0.5, 0.6) is 5.75 Å². The number of hydrogen-bond donors (Lipinski definition) is 1. The molecule has 1 aromatic heterocycles. The lowest BCUT2D eigenvalue weighted by molar-refractivity contribution is -0.137. The van der Waals surface area contributed by atoms with Crippen molar-refractivity contribution in [3.8, 4) is 5.75 Å². The van der Waals surface area contributed by atoms with Crippen molar-refractivity contribution in [1.29, 1.82) is 0 Å². The number of alkyl halides is 3. The van der Waals surface area contributed by atoms with Gasteiger partial charge in [-0.25, -0.2) is 0 Å². The lowest BCUT2D eigenvalue weighted by Gasteiger charge is -2.49. The minimum absolute atomic E-state index is 0.182. The molecule has 0 radical (unpaired) electrons. The number of carbonyl (C=O) groups is 1. The van der Waals surface area contributed by atoms with E-state index in [-0.39, 0.29) is 18.4 Å². The number of amides is 1. The molecule has 0 saturated carbocycles. The molecule has 3 aromatic rings. The third kappa shape index (κ3) is 4.69. The molecule has 1 N–H and O–H groups in total. The summed E-state index contributed by atoms with van der Waals surface area (Å²) in [7, 11) is 1.62. The number of carbonyl (C=O) groups excluding carboxylic acids is 1. The maximum absolute atomic E-state index is 13.5. The fourth-order valence-electron chi connectivity index (χ4n) is 5.23. The monoisotopic (exact) mass is 496 g/mol. The standard InChI is InChI=1S/C27H27F3N4O2/c1-36-25-7-3-2-6-23(25)33-11-12-34-22-9-8-20(27(28,29)30)13-19(22)14-21(24(34)17-33)26(35)32-16-18-5-4-10-31-15-18/h2-10,13,15,21,24H,11-12,14,16-17H2,1H3,(H,32,35)/t21-,24+/m1/s1. The van der Waals surface area contributed by atoms with Gasteiger partial charge in [-0.15, -0.1) is 0 Å². The van der Waals surface area contributed by atoms with Gasteiger partial charge >= 0.3 is 6.18 Å². The topological polar surface area (TPSA) is 57.7 Å². The number of nitrogens with zero attached hydrogens (tertiary/aromatic N) is 3. The van der Waals surface area contributed by atoms with Gasteiger partial charge in [-0.05, 0) is 53.9 Å². The number of pyridine rings is 1. The van der Waals surface area contributed by atoms with Gasteiger partial charge in [-0.3, -0.25) is 9.78 Å². The van der Waals surface area contributed by atoms with E-state index in [0.29, 0.717) is 31.7 Å². The number of halogens is 3. The van der Waals surface area contributed by atoms with Crippen LogP contribution in [0, 0.1) is 5.92 Å². The lowest BCUT2D eigenvalue weighted by atomic mass is 9.82. The number of rotatable bonds is 5. The number of anilines is 2. The van der Waals surface area contributed by atoms with E-state index in [1.54, 1.807) is 31.6 Å². The van der Waals surface area contributed by atoms with Gasteiger partial charge in [0.25, 0.3) is 0 Å². The van der Waals surface area contributed by atoms with Crippen molar-refractivity contribution < 1.29 is 22.7 Å². The SMILES string of the molecule is COc1ccccc1N1CCN2c3ccc(C(F)(F)F)cc3C[C@@H](C(=O)NCc3cccnc3)[C@@H]2C1. The van der Waals surface area contributed by atoms with Crippen LogP contribution in [0.2, 0.25) is 0 Å². The summed E-state index contributed by atoms with van der Waals surface area (Å²) in [6, 6.07) is 15.1. The summed E-state index contributed by atoms with van der Waals surface area (Å²) < 4.78 is 45.9. The van der Waals surface area contributed by atoms with E-state index in [9.17, 15) is 18.0 Å². The lowest BCUT2D eigenvalue weighted by Crippen LogP contribution is -2.61. The molecule has 36 heavy (non-hydrogen) atoms. The largest absolute Gasteiger partial charge is 0.495 e. The molecule has 2 aliphatic heterocycles. The van der Waals surface area contributed by atoms with Crippen molar-refractivity contribution in [2.45, 2.75) is 25.2 Å². The Labute approximate surface area is 207 Å². The van der Waals surface area contributed by atoms with E-state index >= 15 is 0 Å². The third-order valence-electron chi connectivity index (χ3n) is 6.99. The first-order valence-electron chi connectivity index (χ1n) is 11.9. The number of aromatic nitrogens is 1. The highest BCUT2D eigenvalue weighted by Crippen LogP contribution is 2.41. The molecular formula is C27H27F3N4O2. The van der Waals surface area contributed by atoms with Crippen molar-refractivity contribution in [1.82, 2.24) is 10.3 Å². The summed E-state index contributed by atoms with van der Waals surface area (Å²) in [6.45, 7) is 2.09. The molecule has 0 spiro atoms. The zero-order valence-corrected chi connectivity index (χ0v) is 19.8. The number of nitrogens with one attached hydrogen (secondary N) is 1.